The number of para-hydroxylation sites is 1. The van der Waals surface area contributed by atoms with Gasteiger partial charge in [0, 0.05) is 17.8 Å². The molecule has 3 aromatic carbocycles. The molecule has 0 radical (unpaired) electrons. The lowest BCUT2D eigenvalue weighted by Gasteiger charge is -2.33. The lowest BCUT2D eigenvalue weighted by atomic mass is 10.0. The zero-order chi connectivity index (χ0) is 23.9. The van der Waals surface area contributed by atoms with Crippen LogP contribution >= 0.6 is 11.8 Å². The first-order chi connectivity index (χ1) is 16.4. The maximum Gasteiger partial charge on any atom is 0.269 e. The molecule has 2 aliphatic rings. The molecule has 0 aliphatic carbocycles. The third kappa shape index (κ3) is 3.66. The van der Waals surface area contributed by atoms with Gasteiger partial charge in [0.2, 0.25) is 16.7 Å². The molecule has 0 saturated carbocycles. The zero-order valence-electron chi connectivity index (χ0n) is 19.1. The van der Waals surface area contributed by atoms with E-state index in [4.69, 9.17) is 0 Å². The van der Waals surface area contributed by atoms with E-state index < -0.39 is 4.87 Å². The highest BCUT2D eigenvalue weighted by Gasteiger charge is 2.61. The van der Waals surface area contributed by atoms with Gasteiger partial charge in [0.05, 0.1) is 11.4 Å². The van der Waals surface area contributed by atoms with Crippen molar-refractivity contribution in [3.63, 3.8) is 0 Å². The average molecular weight is 472 g/mol. The molecule has 0 aromatic heterocycles. The van der Waals surface area contributed by atoms with Crippen LogP contribution in [0.5, 0.6) is 0 Å². The Balaban J connectivity index is 1.45. The van der Waals surface area contributed by atoms with Crippen molar-refractivity contribution in [1.29, 1.82) is 0 Å². The van der Waals surface area contributed by atoms with Crippen LogP contribution in [0, 0.1) is 13.8 Å². The number of benzene rings is 3. The Bertz CT molecular complexity index is 1290. The maximum absolute atomic E-state index is 14.0. The third-order valence-corrected chi connectivity index (χ3v) is 7.62. The smallest absolute Gasteiger partial charge is 0.269 e. The number of hydrogen-bond acceptors (Lipinski definition) is 4. The quantitative estimate of drug-likeness (QED) is 0.613. The number of nitrogens with zero attached hydrogens (tertiary/aromatic N) is 2. The van der Waals surface area contributed by atoms with E-state index in [0.717, 1.165) is 22.3 Å². The predicted molar refractivity (Wildman–Crippen MR) is 135 cm³/mol. The number of fused-ring (bicyclic) bond motifs is 2. The van der Waals surface area contributed by atoms with Gasteiger partial charge in [-0.25, -0.2) is 0 Å². The molecule has 1 spiro atoms. The van der Waals surface area contributed by atoms with Crippen molar-refractivity contribution in [2.75, 3.05) is 22.1 Å². The Morgan fingerprint density at radius 3 is 2.50 bits per heavy atom. The number of amides is 3. The highest BCUT2D eigenvalue weighted by molar-refractivity contribution is 8.02. The summed E-state index contributed by atoms with van der Waals surface area (Å²) in [5.74, 6) is -0.445. The minimum Gasteiger partial charge on any atom is -0.350 e. The van der Waals surface area contributed by atoms with E-state index in [9.17, 15) is 14.4 Å². The highest BCUT2D eigenvalue weighted by Crippen LogP contribution is 2.55. The summed E-state index contributed by atoms with van der Waals surface area (Å²) in [5, 5.41) is 2.91. The van der Waals surface area contributed by atoms with Gasteiger partial charge in [-0.2, -0.15) is 0 Å². The Morgan fingerprint density at radius 2 is 1.74 bits per heavy atom. The Hall–Kier alpha value is -3.58. The molecule has 6 nitrogen and oxygen atoms in total. The molecular weight excluding hydrogens is 446 g/mol. The van der Waals surface area contributed by atoms with Crippen molar-refractivity contribution in [1.82, 2.24) is 5.32 Å². The van der Waals surface area contributed by atoms with Gasteiger partial charge in [0.25, 0.3) is 5.91 Å². The van der Waals surface area contributed by atoms with E-state index in [0.29, 0.717) is 17.9 Å². The summed E-state index contributed by atoms with van der Waals surface area (Å²) in [7, 11) is 0. The van der Waals surface area contributed by atoms with E-state index in [-0.39, 0.29) is 30.0 Å². The predicted octanol–water partition coefficient (Wildman–Crippen LogP) is 3.90. The summed E-state index contributed by atoms with van der Waals surface area (Å²) in [5.41, 5.74) is 5.24. The summed E-state index contributed by atoms with van der Waals surface area (Å²) in [4.78, 5) is 41.8. The third-order valence-electron chi connectivity index (χ3n) is 6.24. The van der Waals surface area contributed by atoms with Crippen LogP contribution in [-0.2, 0) is 25.8 Å². The molecule has 7 heteroatoms. The van der Waals surface area contributed by atoms with Crippen LogP contribution in [0.1, 0.15) is 22.3 Å². The minimum atomic E-state index is -1.21. The van der Waals surface area contributed by atoms with Gasteiger partial charge in [-0.05, 0) is 43.2 Å². The molecule has 1 N–H and O–H groups in total. The van der Waals surface area contributed by atoms with Crippen molar-refractivity contribution in [3.05, 3.63) is 95.1 Å². The van der Waals surface area contributed by atoms with Crippen LogP contribution in [0.15, 0.2) is 72.8 Å². The van der Waals surface area contributed by atoms with Crippen LogP contribution in [0.25, 0.3) is 0 Å². The molecule has 1 fully saturated rings. The van der Waals surface area contributed by atoms with Crippen LogP contribution < -0.4 is 15.1 Å². The van der Waals surface area contributed by atoms with Gasteiger partial charge in [-0.1, -0.05) is 60.2 Å². The molecule has 1 saturated heterocycles. The molecule has 1 atom stereocenters. The number of hydrogen-bond donors (Lipinski definition) is 1. The lowest BCUT2D eigenvalue weighted by Crippen LogP contribution is -2.51. The molecule has 34 heavy (non-hydrogen) atoms. The normalized spacial score (nSPS) is 19.1. The number of carbonyl (C=O) groups excluding carboxylic acids is 3. The monoisotopic (exact) mass is 471 g/mol. The molecule has 3 amide bonds. The number of rotatable bonds is 5. The SMILES string of the molecule is Cc1ccc(CNC(=O)CN2C(=O)C3(SCC(=O)N3c3cccc(C)c3)c3ccccc32)cc1. The van der Waals surface area contributed by atoms with Crippen molar-refractivity contribution in [3.8, 4) is 0 Å². The molecule has 2 aliphatic heterocycles. The first-order valence-corrected chi connectivity index (χ1v) is 12.2. The second-order valence-electron chi connectivity index (χ2n) is 8.67. The van der Waals surface area contributed by atoms with Crippen molar-refractivity contribution < 1.29 is 14.4 Å². The van der Waals surface area contributed by atoms with Crippen LogP contribution in [0.3, 0.4) is 0 Å². The Morgan fingerprint density at radius 1 is 0.971 bits per heavy atom. The summed E-state index contributed by atoms with van der Waals surface area (Å²) in [6, 6.07) is 23.0. The summed E-state index contributed by atoms with van der Waals surface area (Å²) >= 11 is 1.32. The van der Waals surface area contributed by atoms with E-state index in [1.54, 1.807) is 4.90 Å². The number of carbonyl (C=O) groups is 3. The average Bonchev–Trinajstić information content (AvgIpc) is 3.29. The van der Waals surface area contributed by atoms with Gasteiger partial charge in [0.1, 0.15) is 6.54 Å². The molecule has 172 valence electrons. The number of aryl methyl sites for hydroxylation is 2. The molecule has 3 aromatic rings. The van der Waals surface area contributed by atoms with Crippen LogP contribution in [0.4, 0.5) is 11.4 Å². The van der Waals surface area contributed by atoms with E-state index in [1.165, 1.54) is 16.7 Å². The van der Waals surface area contributed by atoms with Gasteiger partial charge in [-0.15, -0.1) is 11.8 Å². The van der Waals surface area contributed by atoms with Crippen LogP contribution in [-0.4, -0.2) is 30.0 Å². The summed E-state index contributed by atoms with van der Waals surface area (Å²) in [6.45, 7) is 4.25. The van der Waals surface area contributed by atoms with E-state index in [1.807, 2.05) is 86.6 Å². The highest BCUT2D eigenvalue weighted by atomic mass is 32.2. The van der Waals surface area contributed by atoms with Crippen molar-refractivity contribution in [2.24, 2.45) is 0 Å². The second-order valence-corrected chi connectivity index (χ2v) is 9.84. The van der Waals surface area contributed by atoms with Crippen molar-refractivity contribution in [2.45, 2.75) is 25.3 Å². The first kappa shape index (κ1) is 22.2. The van der Waals surface area contributed by atoms with Gasteiger partial charge in [-0.3, -0.25) is 24.2 Å². The van der Waals surface area contributed by atoms with E-state index in [2.05, 4.69) is 5.32 Å². The van der Waals surface area contributed by atoms with Crippen molar-refractivity contribution >= 4 is 40.9 Å². The standard InChI is InChI=1S/C27H25N3O3S/c1-18-10-12-20(13-11-18)15-28-24(31)16-29-23-9-4-3-8-22(23)27(26(29)33)30(25(32)17-34-27)21-7-5-6-19(2)14-21/h3-14H,15-17H2,1-2H3,(H,28,31). The molecule has 1 unspecified atom stereocenters. The van der Waals surface area contributed by atoms with Gasteiger partial charge in [0.15, 0.2) is 0 Å². The number of thioether (sulfide) groups is 1. The fourth-order valence-corrected chi connectivity index (χ4v) is 5.95. The Kier molecular flexibility index (Phi) is 5.65. The summed E-state index contributed by atoms with van der Waals surface area (Å²) in [6.07, 6.45) is 0. The van der Waals surface area contributed by atoms with E-state index >= 15 is 0 Å². The molecule has 5 rings (SSSR count). The van der Waals surface area contributed by atoms with Gasteiger partial charge < -0.3 is 5.32 Å². The van der Waals surface area contributed by atoms with Crippen LogP contribution in [0.2, 0.25) is 0 Å². The topological polar surface area (TPSA) is 69.7 Å². The fraction of sp³-hybridized carbons (Fsp3) is 0.222. The largest absolute Gasteiger partial charge is 0.350 e. The first-order valence-electron chi connectivity index (χ1n) is 11.2. The second kappa shape index (κ2) is 8.65. The number of nitrogens with one attached hydrogen (secondary N) is 1. The molecular formula is C27H25N3O3S. The molecule has 2 heterocycles. The maximum atomic E-state index is 14.0. The zero-order valence-corrected chi connectivity index (χ0v) is 19.9. The molecule has 0 bridgehead atoms. The Labute approximate surface area is 202 Å². The minimum absolute atomic E-state index is 0.111. The fourth-order valence-electron chi connectivity index (χ4n) is 4.59. The lowest BCUT2D eigenvalue weighted by molar-refractivity contribution is -0.125. The number of anilines is 2. The van der Waals surface area contributed by atoms with Gasteiger partial charge >= 0.3 is 0 Å². The summed E-state index contributed by atoms with van der Waals surface area (Å²) < 4.78 is 0.